The van der Waals surface area contributed by atoms with Crippen LogP contribution in [0, 0.1) is 0 Å². The summed E-state index contributed by atoms with van der Waals surface area (Å²) in [6.07, 6.45) is 1.78. The van der Waals surface area contributed by atoms with Crippen LogP contribution in [0.3, 0.4) is 0 Å². The largest absolute Gasteiger partial charge is 0.489 e. The van der Waals surface area contributed by atoms with Gasteiger partial charge >= 0.3 is 14.0 Å². The lowest BCUT2D eigenvalue weighted by atomic mass is 9.49. The fourth-order valence-electron chi connectivity index (χ4n) is 2.22. The van der Waals surface area contributed by atoms with Crippen LogP contribution in [-0.4, -0.2) is 36.4 Å². The molecule has 0 aromatic carbocycles. The quantitative estimate of drug-likeness (QED) is 0.568. The molecule has 2 aliphatic rings. The van der Waals surface area contributed by atoms with Gasteiger partial charge in [0.1, 0.15) is 0 Å². The third-order valence-electron chi connectivity index (χ3n) is 4.85. The first-order valence-electron chi connectivity index (χ1n) is 6.79. The summed E-state index contributed by atoms with van der Waals surface area (Å²) >= 11 is 0. The average molecular weight is 266 g/mol. The van der Waals surface area contributed by atoms with Gasteiger partial charge in [-0.2, -0.15) is 0 Å². The van der Waals surface area contributed by atoms with Crippen molar-refractivity contribution in [3.05, 3.63) is 12.7 Å². The van der Waals surface area contributed by atoms with Crippen LogP contribution in [0.5, 0.6) is 0 Å². The number of hydrogen-bond donors (Lipinski definition) is 0. The highest BCUT2D eigenvalue weighted by molar-refractivity contribution is 7.11. The Labute approximate surface area is 117 Å². The number of rotatable bonds is 2. The van der Waals surface area contributed by atoms with Crippen molar-refractivity contribution in [1.82, 2.24) is 0 Å². The molecule has 1 atom stereocenters. The Morgan fingerprint density at radius 1 is 0.684 bits per heavy atom. The van der Waals surface area contributed by atoms with Gasteiger partial charge in [0.25, 0.3) is 0 Å². The second-order valence-electron chi connectivity index (χ2n) is 7.05. The molecule has 0 N–H and O–H groups in total. The van der Waals surface area contributed by atoms with Gasteiger partial charge in [0.2, 0.25) is 0 Å². The van der Waals surface area contributed by atoms with E-state index in [0.29, 0.717) is 0 Å². The van der Waals surface area contributed by atoms with Crippen molar-refractivity contribution in [2.24, 2.45) is 0 Å². The first-order chi connectivity index (χ1) is 8.44. The van der Waals surface area contributed by atoms with E-state index in [2.05, 4.69) is 6.58 Å². The molecular weight excluding hydrogens is 242 g/mol. The maximum Gasteiger partial charge on any atom is 0.489 e. The van der Waals surface area contributed by atoms with Gasteiger partial charge in [-0.15, -0.1) is 6.58 Å². The summed E-state index contributed by atoms with van der Waals surface area (Å²) in [5, 5.41) is 0. The van der Waals surface area contributed by atoms with Gasteiger partial charge in [-0.3, -0.25) is 0 Å². The molecule has 2 heterocycles. The van der Waals surface area contributed by atoms with Crippen LogP contribution in [0.25, 0.3) is 0 Å². The fourth-order valence-corrected chi connectivity index (χ4v) is 2.22. The zero-order valence-electron chi connectivity index (χ0n) is 13.1. The first-order valence-corrected chi connectivity index (χ1v) is 6.79. The van der Waals surface area contributed by atoms with Gasteiger partial charge in [0.05, 0.1) is 22.4 Å². The van der Waals surface area contributed by atoms with Crippen LogP contribution < -0.4 is 0 Å². The highest BCUT2D eigenvalue weighted by Crippen LogP contribution is 2.43. The molecule has 2 saturated heterocycles. The third kappa shape index (κ3) is 2.19. The normalized spacial score (nSPS) is 35.7. The van der Waals surface area contributed by atoms with E-state index in [9.17, 15) is 0 Å². The van der Waals surface area contributed by atoms with E-state index < -0.39 is 25.2 Å². The molecule has 19 heavy (non-hydrogen) atoms. The average Bonchev–Trinajstić information content (AvgIpc) is 2.60. The van der Waals surface area contributed by atoms with E-state index in [4.69, 9.17) is 18.6 Å². The second-order valence-corrected chi connectivity index (χ2v) is 7.05. The molecule has 0 radical (unpaired) electrons. The van der Waals surface area contributed by atoms with Crippen LogP contribution in [0.1, 0.15) is 48.5 Å². The van der Waals surface area contributed by atoms with E-state index in [1.54, 1.807) is 6.08 Å². The summed E-state index contributed by atoms with van der Waals surface area (Å²) in [5.41, 5.74) is -1.80. The van der Waals surface area contributed by atoms with Crippen molar-refractivity contribution >= 4 is 14.0 Å². The third-order valence-corrected chi connectivity index (χ3v) is 4.85. The number of hydrogen-bond acceptors (Lipinski definition) is 4. The smallest absolute Gasteiger partial charge is 0.405 e. The minimum absolute atomic E-state index is 0.387. The van der Waals surface area contributed by atoms with Crippen molar-refractivity contribution in [2.75, 3.05) is 0 Å². The summed E-state index contributed by atoms with van der Waals surface area (Å²) in [7, 11) is -1.06. The van der Waals surface area contributed by atoms with Crippen molar-refractivity contribution in [2.45, 2.75) is 70.9 Å². The van der Waals surface area contributed by atoms with Gasteiger partial charge < -0.3 is 18.6 Å². The van der Waals surface area contributed by atoms with Gasteiger partial charge in [-0.25, -0.2) is 0 Å². The van der Waals surface area contributed by atoms with Crippen molar-refractivity contribution in [1.29, 1.82) is 0 Å². The lowest BCUT2D eigenvalue weighted by Crippen LogP contribution is -2.42. The van der Waals surface area contributed by atoms with E-state index in [1.165, 1.54) is 0 Å². The van der Waals surface area contributed by atoms with Gasteiger partial charge in [0, 0.05) is 0 Å². The summed E-state index contributed by atoms with van der Waals surface area (Å²) < 4.78 is 23.9. The highest BCUT2D eigenvalue weighted by Gasteiger charge is 2.64. The molecule has 106 valence electrons. The lowest BCUT2D eigenvalue weighted by molar-refractivity contribution is 0.00578. The molecule has 0 aliphatic carbocycles. The van der Waals surface area contributed by atoms with E-state index in [1.807, 2.05) is 48.5 Å². The Morgan fingerprint density at radius 2 is 1.05 bits per heavy atom. The van der Waals surface area contributed by atoms with Crippen LogP contribution in [0.2, 0.25) is 0 Å². The Kier molecular flexibility index (Phi) is 3.26. The second kappa shape index (κ2) is 4.10. The van der Waals surface area contributed by atoms with Gasteiger partial charge in [0.15, 0.2) is 0 Å². The molecule has 2 aliphatic heterocycles. The zero-order valence-corrected chi connectivity index (χ0v) is 13.1. The maximum atomic E-state index is 5.99. The highest BCUT2D eigenvalue weighted by atomic mass is 16.7. The summed E-state index contributed by atoms with van der Waals surface area (Å²) in [5.74, 6) is 0. The SMILES string of the molecule is C=CC1(C)OB(B2OC(C)(C)C(C)(C)O2)OC1(C)C. The van der Waals surface area contributed by atoms with Gasteiger partial charge in [-0.05, 0) is 48.5 Å². The summed E-state index contributed by atoms with van der Waals surface area (Å²) in [6.45, 7) is 17.8. The molecule has 0 amide bonds. The Morgan fingerprint density at radius 3 is 1.42 bits per heavy atom. The molecular formula is C13H24B2O4. The molecule has 0 saturated carbocycles. The van der Waals surface area contributed by atoms with E-state index >= 15 is 0 Å². The molecule has 0 aromatic heterocycles. The standard InChI is InChI=1S/C13H24B2O4/c1-9-13(8)12(6,7)18-15(19-13)14-16-10(2,3)11(4,5)17-14/h9H,1H2,2-8H3. The summed E-state index contributed by atoms with van der Waals surface area (Å²) in [6, 6.07) is 0. The van der Waals surface area contributed by atoms with Crippen molar-refractivity contribution in [3.63, 3.8) is 0 Å². The molecule has 0 spiro atoms. The molecule has 1 unspecified atom stereocenters. The zero-order chi connectivity index (χ0) is 14.7. The van der Waals surface area contributed by atoms with Crippen LogP contribution >= 0.6 is 0 Å². The van der Waals surface area contributed by atoms with Crippen molar-refractivity contribution in [3.8, 4) is 0 Å². The Hall–Kier alpha value is -0.290. The van der Waals surface area contributed by atoms with E-state index in [0.717, 1.165) is 0 Å². The molecule has 4 nitrogen and oxygen atoms in total. The molecule has 6 heteroatoms. The van der Waals surface area contributed by atoms with Gasteiger partial charge in [-0.1, -0.05) is 6.08 Å². The predicted octanol–water partition coefficient (Wildman–Crippen LogP) is 2.42. The van der Waals surface area contributed by atoms with Crippen LogP contribution in [0.15, 0.2) is 12.7 Å². The summed E-state index contributed by atoms with van der Waals surface area (Å²) in [4.78, 5) is 0. The van der Waals surface area contributed by atoms with Crippen LogP contribution in [-0.2, 0) is 18.6 Å². The molecule has 2 fully saturated rings. The molecule has 0 bridgehead atoms. The minimum Gasteiger partial charge on any atom is -0.405 e. The lowest BCUT2D eigenvalue weighted by Gasteiger charge is -2.33. The predicted molar refractivity (Wildman–Crippen MR) is 76.7 cm³/mol. The maximum absolute atomic E-state index is 5.99. The minimum atomic E-state index is -0.554. The topological polar surface area (TPSA) is 36.9 Å². The fraction of sp³-hybridized carbons (Fsp3) is 0.846. The van der Waals surface area contributed by atoms with E-state index in [-0.39, 0.29) is 11.2 Å². The first kappa shape index (κ1) is 15.1. The Bertz CT molecular complexity index is 378. The van der Waals surface area contributed by atoms with Crippen LogP contribution in [0.4, 0.5) is 0 Å². The Balaban J connectivity index is 2.18. The molecule has 2 rings (SSSR count). The molecule has 0 aromatic rings. The van der Waals surface area contributed by atoms with Crippen molar-refractivity contribution < 1.29 is 18.6 Å². The monoisotopic (exact) mass is 266 g/mol.